The molecule has 0 bridgehead atoms. The molecule has 0 aromatic carbocycles. The van der Waals surface area contributed by atoms with Gasteiger partial charge < -0.3 is 16.0 Å². The highest BCUT2D eigenvalue weighted by molar-refractivity contribution is 6.17. The molecule has 1 saturated heterocycles. The fourth-order valence-corrected chi connectivity index (χ4v) is 5.37. The minimum absolute atomic E-state index is 0.0599. The second-order valence-corrected chi connectivity index (χ2v) is 9.29. The first-order valence-corrected chi connectivity index (χ1v) is 11.3. The summed E-state index contributed by atoms with van der Waals surface area (Å²) in [6.07, 6.45) is 6.95. The van der Waals surface area contributed by atoms with E-state index in [0.29, 0.717) is 48.6 Å². The number of hydrogen-bond donors (Lipinski definition) is 2. The van der Waals surface area contributed by atoms with Crippen molar-refractivity contribution >= 4 is 23.2 Å². The number of rotatable bonds is 2. The summed E-state index contributed by atoms with van der Waals surface area (Å²) >= 11 is 0. The Labute approximate surface area is 178 Å². The predicted octanol–water partition coefficient (Wildman–Crippen LogP) is 2.46. The molecule has 3 N–H and O–H groups in total. The Morgan fingerprint density at radius 1 is 1.27 bits per heavy atom. The van der Waals surface area contributed by atoms with E-state index >= 15 is 0 Å². The van der Waals surface area contributed by atoms with Crippen molar-refractivity contribution in [3.63, 3.8) is 0 Å². The normalized spacial score (nSPS) is 32.3. The fraction of sp³-hybridized carbons (Fsp3) is 0.652. The van der Waals surface area contributed by atoms with Crippen molar-refractivity contribution in [2.24, 2.45) is 17.1 Å². The molecule has 3 atom stereocenters. The van der Waals surface area contributed by atoms with E-state index < -0.39 is 5.41 Å². The monoisotopic (exact) mass is 411 g/mol. The van der Waals surface area contributed by atoms with E-state index in [1.807, 2.05) is 0 Å². The van der Waals surface area contributed by atoms with E-state index in [1.165, 1.54) is 0 Å². The van der Waals surface area contributed by atoms with Gasteiger partial charge in [-0.15, -0.1) is 0 Å². The Hall–Kier alpha value is -2.28. The van der Waals surface area contributed by atoms with E-state index in [0.717, 1.165) is 38.9 Å². The summed E-state index contributed by atoms with van der Waals surface area (Å²) in [7, 11) is 0. The van der Waals surface area contributed by atoms with Crippen LogP contribution >= 0.6 is 0 Å². The van der Waals surface area contributed by atoms with E-state index in [9.17, 15) is 9.59 Å². The maximum Gasteiger partial charge on any atom is 0.226 e. The third-order valence-corrected chi connectivity index (χ3v) is 6.97. The van der Waals surface area contributed by atoms with Gasteiger partial charge in [0.25, 0.3) is 0 Å². The zero-order chi connectivity index (χ0) is 21.3. The van der Waals surface area contributed by atoms with Gasteiger partial charge in [0, 0.05) is 37.3 Å². The zero-order valence-corrected chi connectivity index (χ0v) is 18.1. The third kappa shape index (κ3) is 3.75. The van der Waals surface area contributed by atoms with Gasteiger partial charge in [-0.1, -0.05) is 13.3 Å². The number of nitrogens with one attached hydrogen (secondary N) is 1. The molecular formula is C23H33N5O2. The highest BCUT2D eigenvalue weighted by Crippen LogP contribution is 2.47. The van der Waals surface area contributed by atoms with Crippen LogP contribution in [0.4, 0.5) is 5.95 Å². The molecule has 0 radical (unpaired) electrons. The van der Waals surface area contributed by atoms with E-state index in [2.05, 4.69) is 29.0 Å². The molecule has 162 valence electrons. The highest BCUT2D eigenvalue weighted by Gasteiger charge is 2.51. The van der Waals surface area contributed by atoms with Crippen LogP contribution in [0.3, 0.4) is 0 Å². The molecule has 0 amide bonds. The Bertz CT molecular complexity index is 867. The number of ketones is 2. The van der Waals surface area contributed by atoms with Crippen LogP contribution in [0.25, 0.3) is 5.70 Å². The molecule has 7 heteroatoms. The second kappa shape index (κ2) is 8.46. The Morgan fingerprint density at radius 3 is 2.90 bits per heavy atom. The first kappa shape index (κ1) is 21.0. The lowest BCUT2D eigenvalue weighted by atomic mass is 9.59. The smallest absolute Gasteiger partial charge is 0.226 e. The summed E-state index contributed by atoms with van der Waals surface area (Å²) < 4.78 is 0. The fourth-order valence-electron chi connectivity index (χ4n) is 5.37. The average Bonchev–Trinajstić information content (AvgIpc) is 2.96. The minimum Gasteiger partial charge on any atom is -0.397 e. The van der Waals surface area contributed by atoms with Gasteiger partial charge in [-0.2, -0.15) is 0 Å². The van der Waals surface area contributed by atoms with Crippen LogP contribution in [0.2, 0.25) is 0 Å². The van der Waals surface area contributed by atoms with Crippen LogP contribution in [0.5, 0.6) is 0 Å². The minimum atomic E-state index is -0.864. The van der Waals surface area contributed by atoms with Crippen molar-refractivity contribution in [1.29, 1.82) is 0 Å². The first-order chi connectivity index (χ1) is 14.4. The van der Waals surface area contributed by atoms with Gasteiger partial charge in [0.1, 0.15) is 5.78 Å². The van der Waals surface area contributed by atoms with Gasteiger partial charge in [0.2, 0.25) is 5.95 Å². The van der Waals surface area contributed by atoms with Gasteiger partial charge in [-0.25, -0.2) is 9.97 Å². The molecule has 1 aliphatic heterocycles. The summed E-state index contributed by atoms with van der Waals surface area (Å²) in [5, 5.41) is 3.43. The van der Waals surface area contributed by atoms with Crippen molar-refractivity contribution in [1.82, 2.24) is 15.3 Å². The molecule has 30 heavy (non-hydrogen) atoms. The highest BCUT2D eigenvalue weighted by atomic mass is 16.2. The number of allylic oxidation sites excluding steroid dienone is 1. The topological polar surface area (TPSA) is 101 Å². The molecule has 1 aromatic rings. The number of carbonyl (C=O) groups excluding carboxylic acids is 2. The first-order valence-electron chi connectivity index (χ1n) is 11.3. The van der Waals surface area contributed by atoms with Crippen molar-refractivity contribution in [2.75, 3.05) is 24.5 Å². The maximum absolute atomic E-state index is 13.5. The number of anilines is 1. The number of nitrogens with zero attached hydrogens (tertiary/aromatic N) is 3. The summed E-state index contributed by atoms with van der Waals surface area (Å²) in [4.78, 5) is 37.8. The molecule has 7 nitrogen and oxygen atoms in total. The molecule has 1 spiro atoms. The largest absolute Gasteiger partial charge is 0.397 e. The molecule has 2 heterocycles. The number of nitrogens with two attached hydrogens (primary N) is 1. The van der Waals surface area contributed by atoms with Crippen molar-refractivity contribution in [2.45, 2.75) is 64.8 Å². The number of Topliss-reactive ketones (excluding diaryl/α,β-unsaturated/α-hetero) is 2. The van der Waals surface area contributed by atoms with Gasteiger partial charge in [0.15, 0.2) is 5.78 Å². The van der Waals surface area contributed by atoms with Crippen LogP contribution in [0.1, 0.15) is 64.5 Å². The lowest BCUT2D eigenvalue weighted by molar-refractivity contribution is -0.144. The Morgan fingerprint density at radius 2 is 2.10 bits per heavy atom. The zero-order valence-electron chi connectivity index (χ0n) is 18.1. The van der Waals surface area contributed by atoms with Crippen LogP contribution < -0.4 is 16.0 Å². The van der Waals surface area contributed by atoms with Crippen molar-refractivity contribution < 1.29 is 9.59 Å². The quantitative estimate of drug-likeness (QED) is 0.569. The van der Waals surface area contributed by atoms with Gasteiger partial charge >= 0.3 is 0 Å². The summed E-state index contributed by atoms with van der Waals surface area (Å²) in [5.41, 5.74) is 7.26. The second-order valence-electron chi connectivity index (χ2n) is 9.29. The summed E-state index contributed by atoms with van der Waals surface area (Å²) in [6.45, 7) is 7.00. The van der Waals surface area contributed by atoms with Gasteiger partial charge in [0.05, 0.1) is 16.8 Å². The van der Waals surface area contributed by atoms with Gasteiger partial charge in [-0.05, 0) is 57.6 Å². The molecule has 2 aliphatic carbocycles. The Balaban J connectivity index is 1.69. The standard InChI is InChI=1S/C23H33N5O2/c1-15-12-17(21(30)23(13-15)8-4-3-6-19(23)29)20(24)18-7-10-26-22(27-18)28-11-5-9-25-14-16(28)2/h7,10,15-16,25H,3-6,8-9,11-14,24H2,1-2H3/t15?,16-,23?/m0/s1. The Kier molecular flexibility index (Phi) is 5.91. The molecule has 3 aliphatic rings. The lowest BCUT2D eigenvalue weighted by Gasteiger charge is -2.41. The molecule has 1 aromatic heterocycles. The number of carbonyl (C=O) groups is 2. The molecule has 2 saturated carbocycles. The van der Waals surface area contributed by atoms with Crippen LogP contribution in [0, 0.1) is 11.3 Å². The van der Waals surface area contributed by atoms with Gasteiger partial charge in [-0.3, -0.25) is 9.59 Å². The SMILES string of the molecule is CC1CC(=C(N)c2ccnc(N3CCCNC[C@@H]3C)n2)C(=O)C2(CCCCC2=O)C1. The van der Waals surface area contributed by atoms with Crippen LogP contribution in [0.15, 0.2) is 17.8 Å². The maximum atomic E-state index is 13.5. The van der Waals surface area contributed by atoms with Crippen molar-refractivity contribution in [3.8, 4) is 0 Å². The van der Waals surface area contributed by atoms with Crippen LogP contribution in [-0.2, 0) is 9.59 Å². The molecule has 3 fully saturated rings. The van der Waals surface area contributed by atoms with E-state index in [4.69, 9.17) is 10.7 Å². The molecule has 2 unspecified atom stereocenters. The number of hydrogen-bond acceptors (Lipinski definition) is 7. The molecule has 4 rings (SSSR count). The summed E-state index contributed by atoms with van der Waals surface area (Å²) in [5.74, 6) is 0.934. The molecular weight excluding hydrogens is 378 g/mol. The number of aromatic nitrogens is 2. The average molecular weight is 412 g/mol. The van der Waals surface area contributed by atoms with E-state index in [-0.39, 0.29) is 23.5 Å². The lowest BCUT2D eigenvalue weighted by Crippen LogP contribution is -2.47. The third-order valence-electron chi connectivity index (χ3n) is 6.97. The van der Waals surface area contributed by atoms with Crippen LogP contribution in [-0.4, -0.2) is 47.2 Å². The predicted molar refractivity (Wildman–Crippen MR) is 117 cm³/mol. The van der Waals surface area contributed by atoms with E-state index in [1.54, 1.807) is 12.3 Å². The summed E-state index contributed by atoms with van der Waals surface area (Å²) in [6, 6.07) is 2.05. The van der Waals surface area contributed by atoms with Crippen molar-refractivity contribution in [3.05, 3.63) is 23.5 Å².